The van der Waals surface area contributed by atoms with Gasteiger partial charge < -0.3 is 9.88 Å². The van der Waals surface area contributed by atoms with Crippen molar-refractivity contribution in [2.24, 2.45) is 0 Å². The molecule has 0 bridgehead atoms. The lowest BCUT2D eigenvalue weighted by molar-refractivity contribution is -0.119. The molecule has 1 aromatic heterocycles. The van der Waals surface area contributed by atoms with Crippen LogP contribution in [0.3, 0.4) is 0 Å². The largest absolute Gasteiger partial charge is 0.348 e. The first-order valence-corrected chi connectivity index (χ1v) is 14.0. The van der Waals surface area contributed by atoms with Crippen LogP contribution in [0.25, 0.3) is 0 Å². The van der Waals surface area contributed by atoms with Crippen LogP contribution in [0.4, 0.5) is 0 Å². The van der Waals surface area contributed by atoms with Gasteiger partial charge in [-0.2, -0.15) is 0 Å². The molecule has 178 valence electrons. The Morgan fingerprint density at radius 3 is 2.50 bits per heavy atom. The molecule has 7 nitrogen and oxygen atoms in total. The van der Waals surface area contributed by atoms with E-state index in [0.717, 1.165) is 11.1 Å². The van der Waals surface area contributed by atoms with E-state index in [9.17, 15) is 13.2 Å². The number of carbonyl (C=O) groups excluding carboxylic acids is 1. The van der Waals surface area contributed by atoms with Gasteiger partial charge in [0.25, 0.3) is 0 Å². The minimum absolute atomic E-state index is 0.0890. The minimum Gasteiger partial charge on any atom is -0.348 e. The van der Waals surface area contributed by atoms with Crippen molar-refractivity contribution in [2.45, 2.75) is 36.5 Å². The molecule has 34 heavy (non-hydrogen) atoms. The first-order valence-electron chi connectivity index (χ1n) is 11.2. The number of benzene rings is 2. The summed E-state index contributed by atoms with van der Waals surface area (Å²) in [7, 11) is -3.04. The van der Waals surface area contributed by atoms with E-state index in [-0.39, 0.29) is 35.1 Å². The summed E-state index contributed by atoms with van der Waals surface area (Å²) >= 11 is 1.30. The topological polar surface area (TPSA) is 93.9 Å². The highest BCUT2D eigenvalue weighted by atomic mass is 32.2. The molecule has 3 aromatic rings. The Kier molecular flexibility index (Phi) is 7.84. The zero-order valence-corrected chi connectivity index (χ0v) is 20.5. The maximum atomic E-state index is 12.9. The summed E-state index contributed by atoms with van der Waals surface area (Å²) in [6.45, 7) is 4.26. The van der Waals surface area contributed by atoms with Crippen molar-refractivity contribution >= 4 is 27.5 Å². The smallest absolute Gasteiger partial charge is 0.230 e. The molecular weight excluding hydrogens is 468 g/mol. The number of nitrogens with zero attached hydrogens (tertiary/aromatic N) is 3. The summed E-state index contributed by atoms with van der Waals surface area (Å²) in [5.41, 5.74) is 2.19. The number of aromatic nitrogens is 3. The lowest BCUT2D eigenvalue weighted by Crippen LogP contribution is -2.31. The van der Waals surface area contributed by atoms with Gasteiger partial charge >= 0.3 is 0 Å². The van der Waals surface area contributed by atoms with Crippen LogP contribution in [0.5, 0.6) is 0 Å². The van der Waals surface area contributed by atoms with Gasteiger partial charge in [-0.3, -0.25) is 4.79 Å². The standard InChI is InChI=1S/C25H28N4O3S2/c1-2-14-29-24(21-13-15-34(31,32)18-21)27-28-25(29)33-17-23(30)26-22(20-11-7-4-8-12-20)16-19-9-5-3-6-10-19/h2-12,21-22H,1,13-18H2,(H,26,30). The van der Waals surface area contributed by atoms with E-state index in [0.29, 0.717) is 30.4 Å². The first-order chi connectivity index (χ1) is 16.4. The summed E-state index contributed by atoms with van der Waals surface area (Å²) in [5.74, 6) is 0.811. The van der Waals surface area contributed by atoms with E-state index in [1.54, 1.807) is 6.08 Å². The van der Waals surface area contributed by atoms with Gasteiger partial charge in [-0.25, -0.2) is 8.42 Å². The van der Waals surface area contributed by atoms with E-state index < -0.39 is 9.84 Å². The molecule has 1 amide bonds. The van der Waals surface area contributed by atoms with Gasteiger partial charge in [-0.15, -0.1) is 16.8 Å². The number of thioether (sulfide) groups is 1. The summed E-state index contributed by atoms with van der Waals surface area (Å²) < 4.78 is 25.7. The predicted octanol–water partition coefficient (Wildman–Crippen LogP) is 3.56. The first kappa shape index (κ1) is 24.2. The van der Waals surface area contributed by atoms with Gasteiger partial charge in [0.1, 0.15) is 5.82 Å². The molecular formula is C25H28N4O3S2. The van der Waals surface area contributed by atoms with Crippen LogP contribution in [0.15, 0.2) is 78.5 Å². The molecule has 0 saturated carbocycles. The normalized spacial score (nSPS) is 17.8. The average Bonchev–Trinajstić information content (AvgIpc) is 3.41. The number of nitrogens with one attached hydrogen (secondary N) is 1. The number of carbonyl (C=O) groups is 1. The summed E-state index contributed by atoms with van der Waals surface area (Å²) in [6.07, 6.45) is 2.96. The quantitative estimate of drug-likeness (QED) is 0.341. The fourth-order valence-corrected chi connectivity index (χ4v) is 6.67. The molecule has 1 saturated heterocycles. The Balaban J connectivity index is 1.44. The Labute approximate surface area is 204 Å². The van der Waals surface area contributed by atoms with E-state index in [1.165, 1.54) is 11.8 Å². The second kappa shape index (κ2) is 11.0. The molecule has 1 aliphatic heterocycles. The summed E-state index contributed by atoms with van der Waals surface area (Å²) in [6, 6.07) is 19.9. The predicted molar refractivity (Wildman–Crippen MR) is 134 cm³/mol. The fraction of sp³-hybridized carbons (Fsp3) is 0.320. The van der Waals surface area contributed by atoms with Crippen molar-refractivity contribution in [3.63, 3.8) is 0 Å². The third-order valence-corrected chi connectivity index (χ3v) is 8.54. The van der Waals surface area contributed by atoms with Crippen LogP contribution >= 0.6 is 11.8 Å². The molecule has 1 N–H and O–H groups in total. The van der Waals surface area contributed by atoms with E-state index >= 15 is 0 Å². The molecule has 9 heteroatoms. The van der Waals surface area contributed by atoms with Crippen molar-refractivity contribution < 1.29 is 13.2 Å². The molecule has 0 aliphatic carbocycles. The second-order valence-corrected chi connectivity index (χ2v) is 11.5. The highest BCUT2D eigenvalue weighted by Gasteiger charge is 2.33. The molecule has 2 unspecified atom stereocenters. The highest BCUT2D eigenvalue weighted by Crippen LogP contribution is 2.30. The Hall–Kier alpha value is -2.91. The number of allylic oxidation sites excluding steroid dienone is 1. The number of hydrogen-bond acceptors (Lipinski definition) is 6. The van der Waals surface area contributed by atoms with Crippen LogP contribution in [0, 0.1) is 0 Å². The maximum absolute atomic E-state index is 12.9. The molecule has 2 aromatic carbocycles. The number of amides is 1. The molecule has 4 rings (SSSR count). The molecule has 1 aliphatic rings. The zero-order chi connectivity index (χ0) is 24.0. The lowest BCUT2D eigenvalue weighted by atomic mass is 9.99. The average molecular weight is 497 g/mol. The molecule has 1 fully saturated rings. The van der Waals surface area contributed by atoms with Crippen molar-refractivity contribution in [1.82, 2.24) is 20.1 Å². The van der Waals surface area contributed by atoms with Crippen molar-refractivity contribution in [3.05, 3.63) is 90.3 Å². The van der Waals surface area contributed by atoms with Gasteiger partial charge in [0.2, 0.25) is 5.91 Å². The van der Waals surface area contributed by atoms with Crippen molar-refractivity contribution in [3.8, 4) is 0 Å². The van der Waals surface area contributed by atoms with Gasteiger partial charge in [-0.05, 0) is 24.0 Å². The third kappa shape index (κ3) is 6.15. The zero-order valence-electron chi connectivity index (χ0n) is 18.8. The van der Waals surface area contributed by atoms with Gasteiger partial charge in [0, 0.05) is 12.5 Å². The van der Waals surface area contributed by atoms with Gasteiger partial charge in [0.05, 0.1) is 23.3 Å². The van der Waals surface area contributed by atoms with Crippen LogP contribution < -0.4 is 5.32 Å². The number of sulfone groups is 1. The maximum Gasteiger partial charge on any atom is 0.230 e. The third-order valence-electron chi connectivity index (χ3n) is 5.81. The monoisotopic (exact) mass is 496 g/mol. The molecule has 0 radical (unpaired) electrons. The fourth-order valence-electron chi connectivity index (χ4n) is 4.16. The molecule has 2 atom stereocenters. The summed E-state index contributed by atoms with van der Waals surface area (Å²) in [4.78, 5) is 12.9. The Bertz CT molecular complexity index is 1230. The molecule has 0 spiro atoms. The van der Waals surface area contributed by atoms with Gasteiger partial charge in [-0.1, -0.05) is 78.5 Å². The van der Waals surface area contributed by atoms with E-state index in [4.69, 9.17) is 0 Å². The molecule has 2 heterocycles. The van der Waals surface area contributed by atoms with Crippen LogP contribution in [0.1, 0.15) is 35.3 Å². The number of rotatable bonds is 10. The second-order valence-electron chi connectivity index (χ2n) is 8.35. The van der Waals surface area contributed by atoms with E-state index in [2.05, 4.69) is 34.2 Å². The minimum atomic E-state index is -3.04. The van der Waals surface area contributed by atoms with Crippen molar-refractivity contribution in [2.75, 3.05) is 17.3 Å². The van der Waals surface area contributed by atoms with Crippen molar-refractivity contribution in [1.29, 1.82) is 0 Å². The van der Waals surface area contributed by atoms with Crippen LogP contribution in [-0.2, 0) is 27.6 Å². The van der Waals surface area contributed by atoms with E-state index in [1.807, 2.05) is 53.1 Å². The Morgan fingerprint density at radius 1 is 1.15 bits per heavy atom. The lowest BCUT2D eigenvalue weighted by Gasteiger charge is -2.19. The van der Waals surface area contributed by atoms with Crippen LogP contribution in [-0.4, -0.2) is 46.3 Å². The van der Waals surface area contributed by atoms with Gasteiger partial charge in [0.15, 0.2) is 15.0 Å². The number of hydrogen-bond donors (Lipinski definition) is 1. The highest BCUT2D eigenvalue weighted by molar-refractivity contribution is 7.99. The Morgan fingerprint density at radius 2 is 1.85 bits per heavy atom. The van der Waals surface area contributed by atoms with Crippen LogP contribution in [0.2, 0.25) is 0 Å². The summed E-state index contributed by atoms with van der Waals surface area (Å²) in [5, 5.41) is 12.3. The SMILES string of the molecule is C=CCn1c(SCC(=O)NC(Cc2ccccc2)c2ccccc2)nnc1C1CCS(=O)(=O)C1.